The number of hydrogen-bond donors (Lipinski definition) is 1. The number of para-hydroxylation sites is 1. The first-order chi connectivity index (χ1) is 15.4. The number of aromatic nitrogens is 4. The first-order valence-electron chi connectivity index (χ1n) is 10.1. The number of thioether (sulfide) groups is 1. The van der Waals surface area contributed by atoms with Gasteiger partial charge in [0, 0.05) is 6.54 Å². The predicted molar refractivity (Wildman–Crippen MR) is 122 cm³/mol. The fourth-order valence-corrected chi connectivity index (χ4v) is 4.71. The lowest BCUT2D eigenvalue weighted by Crippen LogP contribution is -2.11. The third-order valence-corrected chi connectivity index (χ3v) is 6.55. The summed E-state index contributed by atoms with van der Waals surface area (Å²) in [5.41, 5.74) is 2.19. The van der Waals surface area contributed by atoms with Gasteiger partial charge in [0.25, 0.3) is 0 Å². The van der Waals surface area contributed by atoms with Gasteiger partial charge in [-0.25, -0.2) is 18.5 Å². The van der Waals surface area contributed by atoms with Crippen LogP contribution in [-0.4, -0.2) is 34.7 Å². The van der Waals surface area contributed by atoms with Crippen LogP contribution in [0.1, 0.15) is 26.2 Å². The van der Waals surface area contributed by atoms with Gasteiger partial charge in [-0.1, -0.05) is 36.0 Å². The molecule has 2 N–H and O–H groups in total. The molecule has 0 saturated heterocycles. The number of nitrogens with two attached hydrogens (primary N) is 1. The number of sulfonamides is 1. The van der Waals surface area contributed by atoms with Crippen LogP contribution in [0.5, 0.6) is 5.75 Å². The SMILES string of the molecule is CCCn1c(SCc2nc(-c3ccccc3OCC)no2)nc2cc(S(N)(=O)=O)ccc21. The average Bonchev–Trinajstić information content (AvgIpc) is 3.37. The van der Waals surface area contributed by atoms with Gasteiger partial charge < -0.3 is 13.8 Å². The molecule has 0 radical (unpaired) electrons. The minimum absolute atomic E-state index is 0.0391. The molecule has 32 heavy (non-hydrogen) atoms. The number of benzene rings is 2. The Balaban J connectivity index is 1.59. The summed E-state index contributed by atoms with van der Waals surface area (Å²) in [6.45, 7) is 5.27. The molecule has 0 spiro atoms. The van der Waals surface area contributed by atoms with E-state index < -0.39 is 10.0 Å². The van der Waals surface area contributed by atoms with Crippen LogP contribution < -0.4 is 9.88 Å². The molecule has 0 saturated carbocycles. The van der Waals surface area contributed by atoms with E-state index in [0.29, 0.717) is 35.3 Å². The Hall–Kier alpha value is -2.89. The molecule has 0 atom stereocenters. The topological polar surface area (TPSA) is 126 Å². The van der Waals surface area contributed by atoms with Gasteiger partial charge in [0.1, 0.15) is 5.75 Å². The number of nitrogens with zero attached hydrogens (tertiary/aromatic N) is 4. The van der Waals surface area contributed by atoms with E-state index in [1.807, 2.05) is 31.2 Å². The lowest BCUT2D eigenvalue weighted by molar-refractivity contribution is 0.341. The second kappa shape index (κ2) is 9.31. The van der Waals surface area contributed by atoms with Crippen LogP contribution in [0.25, 0.3) is 22.4 Å². The zero-order valence-electron chi connectivity index (χ0n) is 17.7. The summed E-state index contributed by atoms with van der Waals surface area (Å²) in [5.74, 6) is 2.03. The van der Waals surface area contributed by atoms with Gasteiger partial charge in [-0.2, -0.15) is 4.98 Å². The molecule has 0 aliphatic rings. The van der Waals surface area contributed by atoms with Crippen LogP contribution in [0.2, 0.25) is 0 Å². The Morgan fingerprint density at radius 3 is 2.72 bits per heavy atom. The second-order valence-corrected chi connectivity index (χ2v) is 9.48. The number of imidazole rings is 1. The number of fused-ring (bicyclic) bond motifs is 1. The van der Waals surface area contributed by atoms with E-state index in [-0.39, 0.29) is 4.90 Å². The zero-order chi connectivity index (χ0) is 22.7. The molecular formula is C21H23N5O4S2. The summed E-state index contributed by atoms with van der Waals surface area (Å²) >= 11 is 1.45. The molecule has 4 rings (SSSR count). The van der Waals surface area contributed by atoms with Gasteiger partial charge in [-0.3, -0.25) is 0 Å². The van der Waals surface area contributed by atoms with E-state index in [1.54, 1.807) is 6.07 Å². The Labute approximate surface area is 190 Å². The number of hydrogen-bond acceptors (Lipinski definition) is 8. The molecule has 168 valence electrons. The fourth-order valence-electron chi connectivity index (χ4n) is 3.30. The van der Waals surface area contributed by atoms with Crippen LogP contribution in [0, 0.1) is 0 Å². The molecule has 0 bridgehead atoms. The van der Waals surface area contributed by atoms with E-state index in [1.165, 1.54) is 23.9 Å². The van der Waals surface area contributed by atoms with Crippen molar-refractivity contribution >= 4 is 32.8 Å². The van der Waals surface area contributed by atoms with Crippen molar-refractivity contribution in [2.75, 3.05) is 6.61 Å². The van der Waals surface area contributed by atoms with E-state index in [9.17, 15) is 8.42 Å². The van der Waals surface area contributed by atoms with Crippen molar-refractivity contribution in [3.8, 4) is 17.1 Å². The quantitative estimate of drug-likeness (QED) is 0.363. The molecule has 0 unspecified atom stereocenters. The second-order valence-electron chi connectivity index (χ2n) is 6.97. The first kappa shape index (κ1) is 22.3. The van der Waals surface area contributed by atoms with Gasteiger partial charge in [0.2, 0.25) is 21.7 Å². The molecular weight excluding hydrogens is 450 g/mol. The summed E-state index contributed by atoms with van der Waals surface area (Å²) in [4.78, 5) is 9.16. The highest BCUT2D eigenvalue weighted by Crippen LogP contribution is 2.30. The van der Waals surface area contributed by atoms with Crippen molar-refractivity contribution in [3.05, 3.63) is 48.4 Å². The summed E-state index contributed by atoms with van der Waals surface area (Å²) in [7, 11) is -3.80. The van der Waals surface area contributed by atoms with Crippen molar-refractivity contribution in [3.63, 3.8) is 0 Å². The number of primary sulfonamides is 1. The van der Waals surface area contributed by atoms with Crippen molar-refractivity contribution in [2.45, 2.75) is 42.6 Å². The predicted octanol–water partition coefficient (Wildman–Crippen LogP) is 3.83. The summed E-state index contributed by atoms with van der Waals surface area (Å²) in [6.07, 6.45) is 0.898. The van der Waals surface area contributed by atoms with Gasteiger partial charge in [0.05, 0.1) is 33.9 Å². The molecule has 2 heterocycles. The normalized spacial score (nSPS) is 11.8. The Kier molecular flexibility index (Phi) is 6.49. The van der Waals surface area contributed by atoms with Crippen LogP contribution in [-0.2, 0) is 22.3 Å². The van der Waals surface area contributed by atoms with Crippen molar-refractivity contribution in [1.82, 2.24) is 19.7 Å². The fraction of sp³-hybridized carbons (Fsp3) is 0.286. The molecule has 0 amide bonds. The van der Waals surface area contributed by atoms with E-state index >= 15 is 0 Å². The maximum absolute atomic E-state index is 11.7. The van der Waals surface area contributed by atoms with E-state index in [0.717, 1.165) is 29.2 Å². The Morgan fingerprint density at radius 1 is 1.16 bits per heavy atom. The molecule has 0 aliphatic carbocycles. The highest BCUT2D eigenvalue weighted by Gasteiger charge is 2.17. The van der Waals surface area contributed by atoms with Gasteiger partial charge in [-0.15, -0.1) is 0 Å². The summed E-state index contributed by atoms with van der Waals surface area (Å²) in [5, 5.41) is 10.1. The van der Waals surface area contributed by atoms with Gasteiger partial charge in [-0.05, 0) is 43.7 Å². The Morgan fingerprint density at radius 2 is 1.97 bits per heavy atom. The average molecular weight is 474 g/mol. The van der Waals surface area contributed by atoms with Crippen molar-refractivity contribution in [1.29, 1.82) is 0 Å². The highest BCUT2D eigenvalue weighted by atomic mass is 32.2. The zero-order valence-corrected chi connectivity index (χ0v) is 19.3. The maximum atomic E-state index is 11.7. The standard InChI is InChI=1S/C21H23N5O4S2/c1-3-11-26-17-10-9-14(32(22,27)28)12-16(17)23-21(26)31-13-19-24-20(25-30-19)15-7-5-6-8-18(15)29-4-2/h5-10,12H,3-4,11,13H2,1-2H3,(H2,22,27,28). The molecule has 11 heteroatoms. The Bertz CT molecular complexity index is 1350. The number of ether oxygens (including phenoxy) is 1. The lowest BCUT2D eigenvalue weighted by Gasteiger charge is -2.06. The van der Waals surface area contributed by atoms with Gasteiger partial charge in [0.15, 0.2) is 5.16 Å². The monoisotopic (exact) mass is 473 g/mol. The lowest BCUT2D eigenvalue weighted by atomic mass is 10.2. The smallest absolute Gasteiger partial charge is 0.238 e. The first-order valence-corrected chi connectivity index (χ1v) is 12.6. The number of aryl methyl sites for hydroxylation is 1. The molecule has 9 nitrogen and oxygen atoms in total. The van der Waals surface area contributed by atoms with Crippen LogP contribution in [0.3, 0.4) is 0 Å². The minimum Gasteiger partial charge on any atom is -0.493 e. The van der Waals surface area contributed by atoms with Crippen LogP contribution in [0.15, 0.2) is 57.0 Å². The molecule has 0 fully saturated rings. The molecule has 0 aliphatic heterocycles. The highest BCUT2D eigenvalue weighted by molar-refractivity contribution is 7.98. The third-order valence-electron chi connectivity index (χ3n) is 4.68. The van der Waals surface area contributed by atoms with Crippen molar-refractivity contribution in [2.24, 2.45) is 5.14 Å². The van der Waals surface area contributed by atoms with Crippen LogP contribution in [0.4, 0.5) is 0 Å². The molecule has 2 aromatic heterocycles. The van der Waals surface area contributed by atoms with Gasteiger partial charge >= 0.3 is 0 Å². The van der Waals surface area contributed by atoms with E-state index in [2.05, 4.69) is 26.6 Å². The largest absolute Gasteiger partial charge is 0.493 e. The minimum atomic E-state index is -3.80. The van der Waals surface area contributed by atoms with Crippen LogP contribution >= 0.6 is 11.8 Å². The molecule has 2 aromatic carbocycles. The summed E-state index contributed by atoms with van der Waals surface area (Å²) < 4.78 is 36.5. The van der Waals surface area contributed by atoms with E-state index in [4.69, 9.17) is 14.4 Å². The number of rotatable bonds is 9. The third kappa shape index (κ3) is 4.64. The summed E-state index contributed by atoms with van der Waals surface area (Å²) in [6, 6.07) is 12.3. The molecule has 4 aromatic rings. The maximum Gasteiger partial charge on any atom is 0.238 e. The van der Waals surface area contributed by atoms with Crippen molar-refractivity contribution < 1.29 is 17.7 Å².